The van der Waals surface area contributed by atoms with E-state index in [0.29, 0.717) is 42.7 Å². The fraction of sp³-hybridized carbons (Fsp3) is 0.667. The van der Waals surface area contributed by atoms with Crippen molar-refractivity contribution in [2.75, 3.05) is 45.2 Å². The van der Waals surface area contributed by atoms with E-state index in [0.717, 1.165) is 37.7 Å². The summed E-state index contributed by atoms with van der Waals surface area (Å²) in [6, 6.07) is 0. The first-order valence-electron chi connectivity index (χ1n) is 10.5. The number of fused-ring (bicyclic) bond motifs is 1. The van der Waals surface area contributed by atoms with Gasteiger partial charge in [0.25, 0.3) is 0 Å². The summed E-state index contributed by atoms with van der Waals surface area (Å²) in [5, 5.41) is 3.58. The molecule has 29 heavy (non-hydrogen) atoms. The van der Waals surface area contributed by atoms with Gasteiger partial charge in [0.05, 0.1) is 19.2 Å². The van der Waals surface area contributed by atoms with E-state index in [2.05, 4.69) is 17.1 Å². The van der Waals surface area contributed by atoms with E-state index < -0.39 is 0 Å². The molecule has 1 aliphatic heterocycles. The van der Waals surface area contributed by atoms with Crippen LogP contribution < -0.4 is 5.32 Å². The molecule has 2 aliphatic carbocycles. The van der Waals surface area contributed by atoms with Gasteiger partial charge < -0.3 is 15.0 Å². The number of anilines is 1. The highest BCUT2D eigenvalue weighted by atomic mass is 32.1. The Bertz CT molecular complexity index is 809. The van der Waals surface area contributed by atoms with Crippen LogP contribution in [0.1, 0.15) is 47.0 Å². The first-order valence-corrected chi connectivity index (χ1v) is 11.3. The number of hydrogen-bond donors (Lipinski definition) is 1. The van der Waals surface area contributed by atoms with Crippen molar-refractivity contribution in [1.29, 1.82) is 0 Å². The number of methoxy groups -OCH3 is 1. The Balaban J connectivity index is 1.37. The summed E-state index contributed by atoms with van der Waals surface area (Å²) < 4.78 is 4.99. The Morgan fingerprint density at radius 1 is 1.14 bits per heavy atom. The number of carbonyl (C=O) groups excluding carboxylic acids is 3. The second-order valence-electron chi connectivity index (χ2n) is 8.47. The maximum atomic E-state index is 12.7. The second kappa shape index (κ2) is 8.44. The fourth-order valence-corrected chi connectivity index (χ4v) is 5.66. The summed E-state index contributed by atoms with van der Waals surface area (Å²) in [4.78, 5) is 42.4. The quantitative estimate of drug-likeness (QED) is 0.740. The minimum atomic E-state index is -0.375. The maximum absolute atomic E-state index is 12.7. The topological polar surface area (TPSA) is 79.0 Å². The van der Waals surface area contributed by atoms with Gasteiger partial charge in [-0.2, -0.15) is 0 Å². The summed E-state index contributed by atoms with van der Waals surface area (Å²) in [6.45, 7) is 5.25. The van der Waals surface area contributed by atoms with Gasteiger partial charge in [-0.1, -0.05) is 6.92 Å². The number of rotatable bonds is 5. The van der Waals surface area contributed by atoms with Crippen LogP contribution in [0.5, 0.6) is 0 Å². The standard InChI is InChI=1S/C21H29N3O4S/c1-13-3-6-15-16(11-13)29-19(18(15)21(27)28-2)22-17(25)12-23-7-9-24(10-8-23)20(26)14-4-5-14/h13-14H,3-12H2,1-2H3,(H,22,25). The molecule has 1 aromatic heterocycles. The number of hydrogen-bond acceptors (Lipinski definition) is 6. The van der Waals surface area contributed by atoms with Crippen LogP contribution in [0.4, 0.5) is 5.00 Å². The van der Waals surface area contributed by atoms with E-state index in [-0.39, 0.29) is 30.2 Å². The number of amides is 2. The number of nitrogens with one attached hydrogen (secondary N) is 1. The van der Waals surface area contributed by atoms with Crippen LogP contribution in [0.2, 0.25) is 0 Å². The minimum Gasteiger partial charge on any atom is -0.465 e. The average molecular weight is 420 g/mol. The highest BCUT2D eigenvalue weighted by molar-refractivity contribution is 7.17. The Morgan fingerprint density at radius 3 is 2.52 bits per heavy atom. The minimum absolute atomic E-state index is 0.122. The zero-order chi connectivity index (χ0) is 20.5. The van der Waals surface area contributed by atoms with Crippen LogP contribution in [-0.2, 0) is 27.2 Å². The van der Waals surface area contributed by atoms with E-state index in [9.17, 15) is 14.4 Å². The van der Waals surface area contributed by atoms with Crippen molar-refractivity contribution in [1.82, 2.24) is 9.80 Å². The van der Waals surface area contributed by atoms with Crippen molar-refractivity contribution in [3.63, 3.8) is 0 Å². The Labute approximate surface area is 175 Å². The molecule has 1 saturated heterocycles. The summed E-state index contributed by atoms with van der Waals surface area (Å²) in [7, 11) is 1.38. The normalized spacial score (nSPS) is 22.1. The maximum Gasteiger partial charge on any atom is 0.341 e. The summed E-state index contributed by atoms with van der Waals surface area (Å²) in [6.07, 6.45) is 4.88. The summed E-state index contributed by atoms with van der Waals surface area (Å²) in [5.74, 6) is 0.609. The number of esters is 1. The molecule has 2 heterocycles. The lowest BCUT2D eigenvalue weighted by atomic mass is 9.88. The second-order valence-corrected chi connectivity index (χ2v) is 9.58. The van der Waals surface area contributed by atoms with Gasteiger partial charge in [-0.05, 0) is 43.6 Å². The van der Waals surface area contributed by atoms with E-state index in [1.54, 1.807) is 0 Å². The Kier molecular flexibility index (Phi) is 5.92. The summed E-state index contributed by atoms with van der Waals surface area (Å²) in [5.41, 5.74) is 1.58. The largest absolute Gasteiger partial charge is 0.465 e. The summed E-state index contributed by atoms with van der Waals surface area (Å²) >= 11 is 1.51. The zero-order valence-corrected chi connectivity index (χ0v) is 18.0. The van der Waals surface area contributed by atoms with Gasteiger partial charge in [0, 0.05) is 37.0 Å². The molecule has 2 fully saturated rings. The molecule has 4 rings (SSSR count). The van der Waals surface area contributed by atoms with Gasteiger partial charge in [0.15, 0.2) is 0 Å². The van der Waals surface area contributed by atoms with Crippen LogP contribution in [0, 0.1) is 11.8 Å². The van der Waals surface area contributed by atoms with Crippen LogP contribution in [0.3, 0.4) is 0 Å². The molecule has 8 heteroatoms. The molecule has 3 aliphatic rings. The third-order valence-electron chi connectivity index (χ3n) is 6.13. The highest BCUT2D eigenvalue weighted by Crippen LogP contribution is 2.40. The highest BCUT2D eigenvalue weighted by Gasteiger charge is 2.35. The van der Waals surface area contributed by atoms with Gasteiger partial charge >= 0.3 is 5.97 Å². The van der Waals surface area contributed by atoms with Crippen molar-refractivity contribution in [3.05, 3.63) is 16.0 Å². The van der Waals surface area contributed by atoms with Crippen molar-refractivity contribution in [2.24, 2.45) is 11.8 Å². The van der Waals surface area contributed by atoms with Crippen LogP contribution in [-0.4, -0.2) is 67.4 Å². The lowest BCUT2D eigenvalue weighted by Crippen LogP contribution is -2.50. The molecule has 0 bridgehead atoms. The lowest BCUT2D eigenvalue weighted by Gasteiger charge is -2.34. The third-order valence-corrected chi connectivity index (χ3v) is 7.30. The van der Waals surface area contributed by atoms with Crippen LogP contribution >= 0.6 is 11.3 Å². The third kappa shape index (κ3) is 4.48. The molecule has 7 nitrogen and oxygen atoms in total. The number of nitrogens with zero attached hydrogens (tertiary/aromatic N) is 2. The van der Waals surface area contributed by atoms with Crippen molar-refractivity contribution in [2.45, 2.75) is 39.0 Å². The van der Waals surface area contributed by atoms with Gasteiger partial charge in [-0.25, -0.2) is 4.79 Å². The molecular formula is C21H29N3O4S. The van der Waals surface area contributed by atoms with Gasteiger partial charge in [-0.15, -0.1) is 11.3 Å². The van der Waals surface area contributed by atoms with Crippen molar-refractivity contribution >= 4 is 34.1 Å². The molecule has 1 atom stereocenters. The molecule has 1 N–H and O–H groups in total. The Morgan fingerprint density at radius 2 is 1.86 bits per heavy atom. The smallest absolute Gasteiger partial charge is 0.341 e. The lowest BCUT2D eigenvalue weighted by molar-refractivity contribution is -0.134. The number of ether oxygens (including phenoxy) is 1. The van der Waals surface area contributed by atoms with E-state index in [1.165, 1.54) is 23.3 Å². The molecule has 1 aromatic rings. The molecule has 0 radical (unpaired) electrons. The molecule has 158 valence electrons. The Hall–Kier alpha value is -1.93. The predicted molar refractivity (Wildman–Crippen MR) is 111 cm³/mol. The fourth-order valence-electron chi connectivity index (χ4n) is 4.24. The zero-order valence-electron chi connectivity index (χ0n) is 17.2. The van der Waals surface area contributed by atoms with Crippen LogP contribution in [0.15, 0.2) is 0 Å². The molecule has 0 aromatic carbocycles. The number of piperazine rings is 1. The number of carbonyl (C=O) groups is 3. The first-order chi connectivity index (χ1) is 14.0. The van der Waals surface area contributed by atoms with Gasteiger partial charge in [0.2, 0.25) is 11.8 Å². The predicted octanol–water partition coefficient (Wildman–Crippen LogP) is 2.15. The van der Waals surface area contributed by atoms with E-state index >= 15 is 0 Å². The van der Waals surface area contributed by atoms with Crippen LogP contribution in [0.25, 0.3) is 0 Å². The van der Waals surface area contributed by atoms with Crippen molar-refractivity contribution in [3.8, 4) is 0 Å². The van der Waals surface area contributed by atoms with E-state index in [1.807, 2.05) is 4.90 Å². The van der Waals surface area contributed by atoms with E-state index in [4.69, 9.17) is 4.74 Å². The van der Waals surface area contributed by atoms with Gasteiger partial charge in [0.1, 0.15) is 5.00 Å². The molecule has 1 unspecified atom stereocenters. The molecule has 0 spiro atoms. The monoisotopic (exact) mass is 419 g/mol. The average Bonchev–Trinajstić information content (AvgIpc) is 3.49. The SMILES string of the molecule is COC(=O)c1c(NC(=O)CN2CCN(C(=O)C3CC3)CC2)sc2c1CCC(C)C2. The molecule has 1 saturated carbocycles. The van der Waals surface area contributed by atoms with Crippen molar-refractivity contribution < 1.29 is 19.1 Å². The van der Waals surface area contributed by atoms with Gasteiger partial charge in [-0.3, -0.25) is 14.5 Å². The number of thiophene rings is 1. The molecular weight excluding hydrogens is 390 g/mol. The first kappa shape index (κ1) is 20.3. The molecule has 2 amide bonds.